The van der Waals surface area contributed by atoms with E-state index >= 15 is 0 Å². The minimum Gasteiger partial charge on any atom is -0.316 e. The van der Waals surface area contributed by atoms with Crippen molar-refractivity contribution in [3.8, 4) is 0 Å². The summed E-state index contributed by atoms with van der Waals surface area (Å²) < 4.78 is 14.2. The van der Waals surface area contributed by atoms with E-state index in [9.17, 15) is 4.39 Å². The normalized spacial score (nSPS) is 14.8. The Labute approximate surface area is 118 Å². The monoisotopic (exact) mass is 315 g/mol. The average Bonchev–Trinajstić information content (AvgIpc) is 2.24. The van der Waals surface area contributed by atoms with Gasteiger partial charge < -0.3 is 5.32 Å². The third-order valence-electron chi connectivity index (χ3n) is 3.70. The van der Waals surface area contributed by atoms with Gasteiger partial charge in [-0.2, -0.15) is 0 Å². The Balaban J connectivity index is 2.88. The second-order valence-corrected chi connectivity index (χ2v) is 6.46. The number of hydrogen-bond acceptors (Lipinski definition) is 1. The van der Waals surface area contributed by atoms with Crippen LogP contribution in [-0.4, -0.2) is 13.1 Å². The van der Waals surface area contributed by atoms with Gasteiger partial charge in [0, 0.05) is 11.0 Å². The van der Waals surface area contributed by atoms with Crippen molar-refractivity contribution in [3.63, 3.8) is 0 Å². The fourth-order valence-electron chi connectivity index (χ4n) is 2.06. The molecule has 18 heavy (non-hydrogen) atoms. The minimum atomic E-state index is -0.172. The lowest BCUT2D eigenvalue weighted by Crippen LogP contribution is -2.37. The van der Waals surface area contributed by atoms with Crippen molar-refractivity contribution in [2.45, 2.75) is 34.1 Å². The summed E-state index contributed by atoms with van der Waals surface area (Å²) in [6.07, 6.45) is 0.883. The van der Waals surface area contributed by atoms with Crippen LogP contribution >= 0.6 is 15.9 Å². The lowest BCUT2D eigenvalue weighted by atomic mass is 9.74. The fourth-order valence-corrected chi connectivity index (χ4v) is 2.57. The third-order valence-corrected chi connectivity index (χ3v) is 4.16. The largest absolute Gasteiger partial charge is 0.316 e. The molecular weight excluding hydrogens is 293 g/mol. The number of rotatable bonds is 6. The van der Waals surface area contributed by atoms with Gasteiger partial charge in [-0.1, -0.05) is 43.6 Å². The predicted molar refractivity (Wildman–Crippen MR) is 79.3 cm³/mol. The highest BCUT2D eigenvalue weighted by Crippen LogP contribution is 2.31. The molecule has 0 spiro atoms. The Kier molecular flexibility index (Phi) is 5.80. The van der Waals surface area contributed by atoms with Crippen LogP contribution in [0.3, 0.4) is 0 Å². The molecule has 1 aromatic carbocycles. The number of halogens is 2. The van der Waals surface area contributed by atoms with E-state index in [2.05, 4.69) is 48.9 Å². The van der Waals surface area contributed by atoms with Crippen molar-refractivity contribution in [1.29, 1.82) is 0 Å². The molecule has 1 nitrogen and oxygen atoms in total. The van der Waals surface area contributed by atoms with Crippen LogP contribution in [0.1, 0.15) is 33.3 Å². The molecule has 0 heterocycles. The molecule has 0 saturated carbocycles. The van der Waals surface area contributed by atoms with E-state index in [0.717, 1.165) is 29.5 Å². The third kappa shape index (κ3) is 4.36. The van der Waals surface area contributed by atoms with Crippen LogP contribution in [0.2, 0.25) is 0 Å². The van der Waals surface area contributed by atoms with Gasteiger partial charge in [0.15, 0.2) is 0 Å². The molecule has 0 aliphatic rings. The van der Waals surface area contributed by atoms with E-state index in [1.165, 1.54) is 6.07 Å². The lowest BCUT2D eigenvalue weighted by Gasteiger charge is -2.34. The molecule has 0 amide bonds. The first-order valence-corrected chi connectivity index (χ1v) is 7.32. The molecule has 0 radical (unpaired) electrons. The van der Waals surface area contributed by atoms with E-state index < -0.39 is 0 Å². The maximum Gasteiger partial charge on any atom is 0.124 e. The molecule has 0 aliphatic carbocycles. The van der Waals surface area contributed by atoms with Gasteiger partial charge in [-0.05, 0) is 48.1 Å². The van der Waals surface area contributed by atoms with E-state index in [1.807, 2.05) is 6.07 Å². The summed E-state index contributed by atoms with van der Waals surface area (Å²) >= 11 is 3.35. The van der Waals surface area contributed by atoms with Gasteiger partial charge in [-0.15, -0.1) is 0 Å². The lowest BCUT2D eigenvalue weighted by molar-refractivity contribution is 0.208. The summed E-state index contributed by atoms with van der Waals surface area (Å²) in [5.74, 6) is 0.368. The first kappa shape index (κ1) is 15.6. The van der Waals surface area contributed by atoms with Crippen LogP contribution < -0.4 is 5.32 Å². The molecule has 0 bridgehead atoms. The quantitative estimate of drug-likeness (QED) is 0.820. The van der Waals surface area contributed by atoms with Gasteiger partial charge in [-0.25, -0.2) is 4.39 Å². The summed E-state index contributed by atoms with van der Waals surface area (Å²) in [5, 5.41) is 3.41. The zero-order valence-corrected chi connectivity index (χ0v) is 13.3. The second kappa shape index (κ2) is 6.67. The molecule has 1 N–H and O–H groups in total. The highest BCUT2D eigenvalue weighted by molar-refractivity contribution is 9.10. The molecule has 1 aromatic rings. The van der Waals surface area contributed by atoms with Crippen LogP contribution in [0, 0.1) is 17.2 Å². The smallest absolute Gasteiger partial charge is 0.124 e. The van der Waals surface area contributed by atoms with Crippen molar-refractivity contribution in [2.75, 3.05) is 13.1 Å². The Morgan fingerprint density at radius 2 is 2.00 bits per heavy atom. The summed E-state index contributed by atoms with van der Waals surface area (Å²) in [5.41, 5.74) is 1.19. The van der Waals surface area contributed by atoms with E-state index in [4.69, 9.17) is 0 Å². The zero-order chi connectivity index (χ0) is 13.8. The molecule has 102 valence electrons. The van der Waals surface area contributed by atoms with Crippen molar-refractivity contribution in [1.82, 2.24) is 5.32 Å². The van der Waals surface area contributed by atoms with Crippen LogP contribution in [0.4, 0.5) is 4.39 Å². The van der Waals surface area contributed by atoms with Crippen molar-refractivity contribution >= 4 is 15.9 Å². The number of hydrogen-bond donors (Lipinski definition) is 1. The van der Waals surface area contributed by atoms with Crippen molar-refractivity contribution in [3.05, 3.63) is 34.1 Å². The molecule has 0 fully saturated rings. The van der Waals surface area contributed by atoms with Crippen molar-refractivity contribution < 1.29 is 4.39 Å². The first-order chi connectivity index (χ1) is 8.37. The SMILES string of the molecule is CCNCC(C)(Cc1cc(F)cc(Br)c1)C(C)C. The van der Waals surface area contributed by atoms with Crippen LogP contribution in [0.5, 0.6) is 0 Å². The molecule has 3 heteroatoms. The Bertz CT molecular complexity index is 372. The molecule has 1 rings (SSSR count). The molecule has 0 aliphatic heterocycles. The fraction of sp³-hybridized carbons (Fsp3) is 0.600. The van der Waals surface area contributed by atoms with E-state index in [-0.39, 0.29) is 11.2 Å². The van der Waals surface area contributed by atoms with E-state index in [1.54, 1.807) is 6.07 Å². The molecule has 1 atom stereocenters. The molecule has 0 aromatic heterocycles. The number of nitrogens with one attached hydrogen (secondary N) is 1. The van der Waals surface area contributed by atoms with Crippen molar-refractivity contribution in [2.24, 2.45) is 11.3 Å². The topological polar surface area (TPSA) is 12.0 Å². The van der Waals surface area contributed by atoms with Gasteiger partial charge in [0.25, 0.3) is 0 Å². The Hall–Kier alpha value is -0.410. The Morgan fingerprint density at radius 1 is 1.33 bits per heavy atom. The van der Waals surface area contributed by atoms with Gasteiger partial charge >= 0.3 is 0 Å². The Morgan fingerprint density at radius 3 is 2.50 bits per heavy atom. The first-order valence-electron chi connectivity index (χ1n) is 6.53. The highest BCUT2D eigenvalue weighted by atomic mass is 79.9. The predicted octanol–water partition coefficient (Wildman–Crippen LogP) is 4.40. The van der Waals surface area contributed by atoms with Gasteiger partial charge in [0.05, 0.1) is 0 Å². The highest BCUT2D eigenvalue weighted by Gasteiger charge is 2.28. The van der Waals surface area contributed by atoms with Gasteiger partial charge in [0.2, 0.25) is 0 Å². The summed E-state index contributed by atoms with van der Waals surface area (Å²) in [6.45, 7) is 10.8. The maximum atomic E-state index is 13.4. The average molecular weight is 316 g/mol. The standard InChI is InChI=1S/C15H23BrFN/c1-5-18-10-15(4,11(2)3)9-12-6-13(16)8-14(17)7-12/h6-8,11,18H,5,9-10H2,1-4H3. The van der Waals surface area contributed by atoms with E-state index in [0.29, 0.717) is 5.92 Å². The summed E-state index contributed by atoms with van der Waals surface area (Å²) in [6, 6.07) is 5.15. The van der Waals surface area contributed by atoms with Crippen LogP contribution in [-0.2, 0) is 6.42 Å². The van der Waals surface area contributed by atoms with Gasteiger partial charge in [-0.3, -0.25) is 0 Å². The van der Waals surface area contributed by atoms with Crippen LogP contribution in [0.15, 0.2) is 22.7 Å². The molecule has 1 unspecified atom stereocenters. The molecular formula is C15H23BrFN. The summed E-state index contributed by atoms with van der Waals surface area (Å²) in [7, 11) is 0. The minimum absolute atomic E-state index is 0.142. The maximum absolute atomic E-state index is 13.4. The van der Waals surface area contributed by atoms with Crippen LogP contribution in [0.25, 0.3) is 0 Å². The molecule has 0 saturated heterocycles. The van der Waals surface area contributed by atoms with Gasteiger partial charge in [0.1, 0.15) is 5.82 Å². The summed E-state index contributed by atoms with van der Waals surface area (Å²) in [4.78, 5) is 0. The second-order valence-electron chi connectivity index (χ2n) is 5.54. The zero-order valence-electron chi connectivity index (χ0n) is 11.7. The number of benzene rings is 1.